The summed E-state index contributed by atoms with van der Waals surface area (Å²) in [6, 6.07) is 8.94. The van der Waals surface area contributed by atoms with Crippen molar-refractivity contribution in [1.29, 1.82) is 0 Å². The second-order valence-electron chi connectivity index (χ2n) is 3.97. The Morgan fingerprint density at radius 2 is 2.11 bits per heavy atom. The Morgan fingerprint density at radius 1 is 1.37 bits per heavy atom. The first kappa shape index (κ1) is 13.0. The van der Waals surface area contributed by atoms with Crippen LogP contribution in [0, 0.1) is 0 Å². The Morgan fingerprint density at radius 3 is 2.68 bits per heavy atom. The van der Waals surface area contributed by atoms with Crippen LogP contribution < -0.4 is 16.3 Å². The van der Waals surface area contributed by atoms with E-state index < -0.39 is 11.7 Å². The highest BCUT2D eigenvalue weighted by Crippen LogP contribution is 2.11. The summed E-state index contributed by atoms with van der Waals surface area (Å²) in [6.45, 7) is 0.169. The maximum atomic E-state index is 12.1. The van der Waals surface area contributed by atoms with Crippen LogP contribution >= 0.6 is 0 Å². The molecular weight excluding hydrogens is 246 g/mol. The quantitative estimate of drug-likeness (QED) is 0.592. The van der Waals surface area contributed by atoms with Crippen molar-refractivity contribution in [3.63, 3.8) is 0 Å². The highest BCUT2D eigenvalue weighted by Gasteiger charge is 2.18. The average molecular weight is 261 g/mol. The van der Waals surface area contributed by atoms with Gasteiger partial charge in [0.2, 0.25) is 5.91 Å². The maximum absolute atomic E-state index is 12.1. The molecule has 1 atom stereocenters. The molecule has 1 aromatic carbocycles. The summed E-state index contributed by atoms with van der Waals surface area (Å²) in [5, 5.41) is 11.6. The van der Waals surface area contributed by atoms with Gasteiger partial charge in [0.15, 0.2) is 0 Å². The number of hydrogen-bond acceptors (Lipinski definition) is 4. The molecule has 100 valence electrons. The van der Waals surface area contributed by atoms with Gasteiger partial charge < -0.3 is 10.6 Å². The van der Waals surface area contributed by atoms with Crippen molar-refractivity contribution in [1.82, 2.24) is 25.8 Å². The van der Waals surface area contributed by atoms with Crippen LogP contribution in [-0.4, -0.2) is 28.1 Å². The van der Waals surface area contributed by atoms with Crippen LogP contribution in [-0.2, 0) is 11.3 Å². The molecule has 0 radical (unpaired) electrons. The third kappa shape index (κ3) is 3.29. The Kier molecular flexibility index (Phi) is 4.09. The lowest BCUT2D eigenvalue weighted by atomic mass is 10.1. The SMILES string of the molecule is CN[C@@H](C(=O)NCc1n[nH]c(=O)[nH]1)c1ccccc1. The van der Waals surface area contributed by atoms with E-state index in [1.807, 2.05) is 30.3 Å². The molecule has 0 aliphatic heterocycles. The second-order valence-corrected chi connectivity index (χ2v) is 3.97. The fraction of sp³-hybridized carbons (Fsp3) is 0.250. The van der Waals surface area contributed by atoms with E-state index in [4.69, 9.17) is 0 Å². The van der Waals surface area contributed by atoms with E-state index in [-0.39, 0.29) is 12.5 Å². The molecule has 0 bridgehead atoms. The lowest BCUT2D eigenvalue weighted by Crippen LogP contribution is -2.35. The van der Waals surface area contributed by atoms with Crippen molar-refractivity contribution in [2.75, 3.05) is 7.05 Å². The van der Waals surface area contributed by atoms with Gasteiger partial charge in [0.25, 0.3) is 0 Å². The van der Waals surface area contributed by atoms with Gasteiger partial charge >= 0.3 is 5.69 Å². The number of nitrogens with one attached hydrogen (secondary N) is 4. The molecule has 0 aliphatic carbocycles. The summed E-state index contributed by atoms with van der Waals surface area (Å²) in [7, 11) is 1.72. The predicted molar refractivity (Wildman–Crippen MR) is 69.3 cm³/mol. The standard InChI is InChI=1S/C12H15N5O2/c1-13-10(8-5-3-2-4-6-8)11(18)14-7-9-15-12(19)17-16-9/h2-6,10,13H,7H2,1H3,(H,14,18)(H2,15,16,17,19)/t10-/m1/s1. The van der Waals surface area contributed by atoms with Crippen LogP contribution in [0.5, 0.6) is 0 Å². The monoisotopic (exact) mass is 261 g/mol. The van der Waals surface area contributed by atoms with Crippen LogP contribution in [0.2, 0.25) is 0 Å². The third-order valence-electron chi connectivity index (χ3n) is 2.66. The number of carbonyl (C=O) groups excluding carboxylic acids is 1. The molecule has 7 heteroatoms. The van der Waals surface area contributed by atoms with Crippen molar-refractivity contribution in [2.45, 2.75) is 12.6 Å². The van der Waals surface area contributed by atoms with Gasteiger partial charge in [-0.3, -0.25) is 9.78 Å². The average Bonchev–Trinajstić information content (AvgIpc) is 2.84. The highest BCUT2D eigenvalue weighted by molar-refractivity contribution is 5.83. The fourth-order valence-corrected chi connectivity index (χ4v) is 1.76. The molecule has 2 rings (SSSR count). The number of rotatable bonds is 5. The van der Waals surface area contributed by atoms with Gasteiger partial charge in [-0.2, -0.15) is 5.10 Å². The zero-order chi connectivity index (χ0) is 13.7. The zero-order valence-corrected chi connectivity index (χ0v) is 10.4. The maximum Gasteiger partial charge on any atom is 0.340 e. The number of hydrogen-bond donors (Lipinski definition) is 4. The van der Waals surface area contributed by atoms with Crippen LogP contribution in [0.25, 0.3) is 0 Å². The van der Waals surface area contributed by atoms with Crippen LogP contribution in [0.15, 0.2) is 35.1 Å². The topological polar surface area (TPSA) is 103 Å². The molecule has 1 amide bonds. The number of H-pyrrole nitrogens is 2. The molecule has 4 N–H and O–H groups in total. The van der Waals surface area contributed by atoms with Gasteiger partial charge in [-0.15, -0.1) is 0 Å². The van der Waals surface area contributed by atoms with Crippen molar-refractivity contribution in [3.8, 4) is 0 Å². The second kappa shape index (κ2) is 5.96. The summed E-state index contributed by atoms with van der Waals surface area (Å²) in [4.78, 5) is 25.4. The normalized spacial score (nSPS) is 12.1. The minimum atomic E-state index is -0.438. The van der Waals surface area contributed by atoms with Crippen molar-refractivity contribution >= 4 is 5.91 Å². The summed E-state index contributed by atoms with van der Waals surface area (Å²) in [5.74, 6) is 0.207. The van der Waals surface area contributed by atoms with E-state index in [2.05, 4.69) is 25.8 Å². The summed E-state index contributed by atoms with van der Waals surface area (Å²) < 4.78 is 0. The number of aromatic nitrogens is 3. The molecular formula is C12H15N5O2. The molecule has 0 unspecified atom stereocenters. The molecule has 1 heterocycles. The summed E-state index contributed by atoms with van der Waals surface area (Å²) >= 11 is 0. The minimum absolute atomic E-state index is 0.169. The van der Waals surface area contributed by atoms with Crippen LogP contribution in [0.3, 0.4) is 0 Å². The van der Waals surface area contributed by atoms with E-state index in [0.717, 1.165) is 5.56 Å². The van der Waals surface area contributed by atoms with Crippen molar-refractivity contribution in [3.05, 3.63) is 52.2 Å². The largest absolute Gasteiger partial charge is 0.347 e. The first-order valence-corrected chi connectivity index (χ1v) is 5.84. The first-order chi connectivity index (χ1) is 9.20. The van der Waals surface area contributed by atoms with Gasteiger partial charge in [-0.1, -0.05) is 30.3 Å². The van der Waals surface area contributed by atoms with Gasteiger partial charge in [-0.05, 0) is 12.6 Å². The molecule has 0 saturated carbocycles. The Bertz CT molecular complexity index is 589. The van der Waals surface area contributed by atoms with Crippen LogP contribution in [0.1, 0.15) is 17.4 Å². The minimum Gasteiger partial charge on any atom is -0.347 e. The predicted octanol–water partition coefficient (Wildman–Crippen LogP) is -0.325. The molecule has 2 aromatic rings. The van der Waals surface area contributed by atoms with E-state index in [0.29, 0.717) is 5.82 Å². The number of likely N-dealkylation sites (N-methyl/N-ethyl adjacent to an activating group) is 1. The van der Waals surface area contributed by atoms with Crippen LogP contribution in [0.4, 0.5) is 0 Å². The van der Waals surface area contributed by atoms with Gasteiger partial charge in [0, 0.05) is 0 Å². The summed E-state index contributed by atoms with van der Waals surface area (Å²) in [5.41, 5.74) is 0.482. The third-order valence-corrected chi connectivity index (χ3v) is 2.66. The van der Waals surface area contributed by atoms with E-state index >= 15 is 0 Å². The van der Waals surface area contributed by atoms with Crippen molar-refractivity contribution in [2.24, 2.45) is 0 Å². The molecule has 0 fully saturated rings. The molecule has 0 saturated heterocycles. The molecule has 19 heavy (non-hydrogen) atoms. The fourth-order valence-electron chi connectivity index (χ4n) is 1.76. The van der Waals surface area contributed by atoms with E-state index in [9.17, 15) is 9.59 Å². The van der Waals surface area contributed by atoms with E-state index in [1.165, 1.54) is 0 Å². The lowest BCUT2D eigenvalue weighted by molar-refractivity contribution is -0.123. The van der Waals surface area contributed by atoms with Crippen molar-refractivity contribution < 1.29 is 4.79 Å². The van der Waals surface area contributed by atoms with Gasteiger partial charge in [0.1, 0.15) is 11.9 Å². The smallest absolute Gasteiger partial charge is 0.340 e. The first-order valence-electron chi connectivity index (χ1n) is 5.84. The number of nitrogens with zero attached hydrogens (tertiary/aromatic N) is 1. The molecule has 0 spiro atoms. The summed E-state index contributed by atoms with van der Waals surface area (Å²) in [6.07, 6.45) is 0. The Balaban J connectivity index is 2.00. The van der Waals surface area contributed by atoms with Gasteiger partial charge in [0.05, 0.1) is 6.54 Å². The lowest BCUT2D eigenvalue weighted by Gasteiger charge is -2.15. The highest BCUT2D eigenvalue weighted by atomic mass is 16.2. The Labute approximate surface area is 109 Å². The molecule has 0 aliphatic rings. The number of aromatic amines is 2. The number of benzene rings is 1. The number of carbonyl (C=O) groups is 1. The van der Waals surface area contributed by atoms with Gasteiger partial charge in [-0.25, -0.2) is 9.89 Å². The Hall–Kier alpha value is -2.41. The van der Waals surface area contributed by atoms with E-state index in [1.54, 1.807) is 7.05 Å². The zero-order valence-electron chi connectivity index (χ0n) is 10.4. The number of amides is 1. The molecule has 1 aromatic heterocycles. The molecule has 7 nitrogen and oxygen atoms in total.